The zero-order valence-corrected chi connectivity index (χ0v) is 10.4. The van der Waals surface area contributed by atoms with Crippen LogP contribution in [0.15, 0.2) is 21.0 Å². The third-order valence-electron chi connectivity index (χ3n) is 1.52. The number of halogens is 3. The van der Waals surface area contributed by atoms with Crippen molar-refractivity contribution in [3.05, 3.63) is 21.0 Å². The van der Waals surface area contributed by atoms with Crippen LogP contribution in [0.3, 0.4) is 0 Å². The standard InChI is InChI=1S/C7H9.2ClH.FH.Zr/c1-2-7-5-3-4-6-7;;;;/h3,5H,2,4H2,1H3;3*1H;/q;;;;+1/p-1. The Morgan fingerprint density at radius 3 is 2.55 bits per heavy atom. The molecule has 1 aliphatic carbocycles. The van der Waals surface area contributed by atoms with Gasteiger partial charge < -0.3 is 0 Å². The molecule has 0 nitrogen and oxygen atoms in total. The molecular weight excluding hydrogens is 265 g/mol. The Morgan fingerprint density at radius 1 is 1.55 bits per heavy atom. The Morgan fingerprint density at radius 2 is 2.18 bits per heavy atom. The van der Waals surface area contributed by atoms with E-state index in [2.05, 4.69) is 19.1 Å². The minimum absolute atomic E-state index is 0. The Bertz CT molecular complexity index is 166. The molecule has 0 aromatic carbocycles. The molecule has 0 saturated carbocycles. The van der Waals surface area contributed by atoms with E-state index in [4.69, 9.17) is 0 Å². The Hall–Kier alpha value is 0.873. The molecule has 0 spiro atoms. The zero-order valence-electron chi connectivity index (χ0n) is 6.26. The Labute approximate surface area is 91.6 Å². The van der Waals surface area contributed by atoms with Gasteiger partial charge in [0.2, 0.25) is 0 Å². The third-order valence-corrected chi connectivity index (χ3v) is 3.38. The summed E-state index contributed by atoms with van der Waals surface area (Å²) in [6.45, 7) is 2.08. The van der Waals surface area contributed by atoms with Crippen LogP contribution in [0.1, 0.15) is 19.8 Å². The molecule has 4 heteroatoms. The molecular formula is C7H11Cl2FZr. The summed E-state index contributed by atoms with van der Waals surface area (Å²) in [5.41, 5.74) is 1.27. The van der Waals surface area contributed by atoms with E-state index in [1.54, 1.807) is 0 Å². The van der Waals surface area contributed by atoms with Crippen molar-refractivity contribution < 1.29 is 26.5 Å². The molecule has 1 rings (SSSR count). The summed E-state index contributed by atoms with van der Waals surface area (Å²) in [5.74, 6) is 0. The van der Waals surface area contributed by atoms with Crippen LogP contribution in [-0.2, 0) is 23.8 Å². The van der Waals surface area contributed by atoms with Crippen LogP contribution >= 0.6 is 24.8 Å². The molecule has 0 bridgehead atoms. The molecule has 0 aromatic heterocycles. The molecule has 0 fully saturated rings. The molecule has 0 aliphatic heterocycles. The van der Waals surface area contributed by atoms with Crippen molar-refractivity contribution in [3.8, 4) is 0 Å². The van der Waals surface area contributed by atoms with Gasteiger partial charge in [-0.15, -0.1) is 24.8 Å². The molecule has 0 radical (unpaired) electrons. The minimum Gasteiger partial charge on any atom is -0.147 e. The SMILES string of the molecule is CCC1=[C]([Zr][F])CC=C1.Cl.Cl. The summed E-state index contributed by atoms with van der Waals surface area (Å²) in [6, 6.07) is 0. The van der Waals surface area contributed by atoms with Crippen molar-refractivity contribution in [2.24, 2.45) is 0 Å². The molecule has 0 unspecified atom stereocenters. The first-order chi connectivity index (χ1) is 4.38. The average molecular weight is 276 g/mol. The predicted molar refractivity (Wildman–Crippen MR) is 46.7 cm³/mol. The quantitative estimate of drug-likeness (QED) is 0.725. The normalized spacial score (nSPS) is 14.0. The van der Waals surface area contributed by atoms with E-state index in [0.29, 0.717) is 0 Å². The maximum atomic E-state index is 12.2. The number of hydrogen-bond donors (Lipinski definition) is 0. The van der Waals surface area contributed by atoms with Crippen LogP contribution in [0.5, 0.6) is 0 Å². The fourth-order valence-corrected chi connectivity index (χ4v) is 2.40. The summed E-state index contributed by atoms with van der Waals surface area (Å²) < 4.78 is 13.3. The van der Waals surface area contributed by atoms with Crippen molar-refractivity contribution in [2.45, 2.75) is 19.8 Å². The van der Waals surface area contributed by atoms with E-state index in [1.165, 1.54) is 5.57 Å². The average Bonchev–Trinajstić information content (AvgIpc) is 2.33. The van der Waals surface area contributed by atoms with Gasteiger partial charge in [-0.25, -0.2) is 0 Å². The maximum Gasteiger partial charge on any atom is -0.147 e. The molecule has 1 aliphatic rings. The third kappa shape index (κ3) is 3.87. The van der Waals surface area contributed by atoms with Crippen LogP contribution in [0.25, 0.3) is 0 Å². The summed E-state index contributed by atoms with van der Waals surface area (Å²) in [7, 11) is 0. The van der Waals surface area contributed by atoms with E-state index in [0.717, 1.165) is 16.1 Å². The molecule has 0 saturated heterocycles. The molecule has 0 N–H and O–H groups in total. The monoisotopic (exact) mass is 274 g/mol. The second-order valence-electron chi connectivity index (χ2n) is 2.06. The number of rotatable bonds is 2. The minimum atomic E-state index is -1.59. The van der Waals surface area contributed by atoms with Crippen LogP contribution < -0.4 is 0 Å². The second-order valence-corrected chi connectivity index (χ2v) is 4.01. The van der Waals surface area contributed by atoms with Crippen LogP contribution in [0.4, 0.5) is 2.63 Å². The van der Waals surface area contributed by atoms with E-state index < -0.39 is 23.8 Å². The maximum absolute atomic E-state index is 12.2. The van der Waals surface area contributed by atoms with Crippen LogP contribution in [-0.4, -0.2) is 0 Å². The first kappa shape index (κ1) is 14.4. The smallest absolute Gasteiger partial charge is 0.147 e. The molecule has 0 aromatic rings. The van der Waals surface area contributed by atoms with Crippen molar-refractivity contribution in [1.29, 1.82) is 0 Å². The molecule has 0 heterocycles. The Balaban J connectivity index is 0. The Kier molecular flexibility index (Phi) is 9.84. The van der Waals surface area contributed by atoms with Crippen molar-refractivity contribution in [1.82, 2.24) is 0 Å². The summed E-state index contributed by atoms with van der Waals surface area (Å²) in [6.07, 6.45) is 6.05. The first-order valence-electron chi connectivity index (χ1n) is 3.13. The summed E-state index contributed by atoms with van der Waals surface area (Å²) >= 11 is -1.59. The van der Waals surface area contributed by atoms with E-state index >= 15 is 0 Å². The molecule has 11 heavy (non-hydrogen) atoms. The van der Waals surface area contributed by atoms with Gasteiger partial charge in [0.05, 0.1) is 0 Å². The largest absolute Gasteiger partial charge is 0.147 e. The van der Waals surface area contributed by atoms with Gasteiger partial charge in [-0.1, -0.05) is 0 Å². The van der Waals surface area contributed by atoms with Gasteiger partial charge in [0.25, 0.3) is 0 Å². The van der Waals surface area contributed by atoms with Gasteiger partial charge >= 0.3 is 67.2 Å². The predicted octanol–water partition coefficient (Wildman–Crippen LogP) is 3.42. The summed E-state index contributed by atoms with van der Waals surface area (Å²) in [4.78, 5) is 0. The van der Waals surface area contributed by atoms with Gasteiger partial charge in [0, 0.05) is 0 Å². The molecule has 64 valence electrons. The van der Waals surface area contributed by atoms with E-state index in [1.807, 2.05) is 0 Å². The van der Waals surface area contributed by atoms with Crippen molar-refractivity contribution in [2.75, 3.05) is 0 Å². The second kappa shape index (κ2) is 7.52. The number of hydrogen-bond acceptors (Lipinski definition) is 0. The fourth-order valence-electron chi connectivity index (χ4n) is 0.981. The van der Waals surface area contributed by atoms with Gasteiger partial charge in [0.15, 0.2) is 0 Å². The molecule has 0 amide bonds. The summed E-state index contributed by atoms with van der Waals surface area (Å²) in [5, 5.41) is 0. The van der Waals surface area contributed by atoms with Crippen molar-refractivity contribution in [3.63, 3.8) is 0 Å². The van der Waals surface area contributed by atoms with Crippen LogP contribution in [0, 0.1) is 0 Å². The van der Waals surface area contributed by atoms with Gasteiger partial charge in [-0.05, 0) is 0 Å². The first-order valence-corrected chi connectivity index (χ1v) is 5.29. The number of allylic oxidation sites excluding steroid dienone is 4. The van der Waals surface area contributed by atoms with E-state index in [-0.39, 0.29) is 24.8 Å². The van der Waals surface area contributed by atoms with E-state index in [9.17, 15) is 2.63 Å². The van der Waals surface area contributed by atoms with Crippen LogP contribution in [0.2, 0.25) is 0 Å². The van der Waals surface area contributed by atoms with Gasteiger partial charge in [-0.3, -0.25) is 0 Å². The van der Waals surface area contributed by atoms with Gasteiger partial charge in [0.1, 0.15) is 0 Å². The zero-order chi connectivity index (χ0) is 6.69. The van der Waals surface area contributed by atoms with Gasteiger partial charge in [-0.2, -0.15) is 0 Å². The topological polar surface area (TPSA) is 0 Å². The fraction of sp³-hybridized carbons (Fsp3) is 0.429. The van der Waals surface area contributed by atoms with Crippen molar-refractivity contribution >= 4 is 24.8 Å². The molecule has 0 atom stereocenters.